The average molecular weight is 222 g/mol. The molecule has 1 saturated heterocycles. The van der Waals surface area contributed by atoms with Crippen LogP contribution in [0.1, 0.15) is 24.9 Å². The van der Waals surface area contributed by atoms with Crippen LogP contribution >= 0.6 is 0 Å². The van der Waals surface area contributed by atoms with Crippen LogP contribution < -0.4 is 5.32 Å². The van der Waals surface area contributed by atoms with E-state index >= 15 is 0 Å². The van der Waals surface area contributed by atoms with E-state index in [4.69, 9.17) is 0 Å². The zero-order chi connectivity index (χ0) is 11.5. The lowest BCUT2D eigenvalue weighted by molar-refractivity contribution is 0.197. The fourth-order valence-electron chi connectivity index (χ4n) is 2.28. The summed E-state index contributed by atoms with van der Waals surface area (Å²) in [5, 5.41) is 3.37. The predicted molar refractivity (Wildman–Crippen MR) is 63.9 cm³/mol. The molecule has 2 atom stereocenters. The van der Waals surface area contributed by atoms with Crippen LogP contribution in [0.4, 0.5) is 4.39 Å². The molecule has 1 aliphatic heterocycles. The Kier molecular flexibility index (Phi) is 3.56. The summed E-state index contributed by atoms with van der Waals surface area (Å²) in [5.41, 5.74) is 1.18. The van der Waals surface area contributed by atoms with Gasteiger partial charge in [0.2, 0.25) is 0 Å². The Morgan fingerprint density at radius 1 is 1.38 bits per heavy atom. The van der Waals surface area contributed by atoms with E-state index < -0.39 is 0 Å². The Balaban J connectivity index is 2.05. The molecule has 2 nitrogen and oxygen atoms in total. The average Bonchev–Trinajstić information content (AvgIpc) is 2.81. The highest BCUT2D eigenvalue weighted by atomic mass is 19.1. The van der Waals surface area contributed by atoms with Gasteiger partial charge in [-0.2, -0.15) is 0 Å². The second-order valence-electron chi connectivity index (χ2n) is 4.54. The molecule has 0 aromatic heterocycles. The number of nitrogens with one attached hydrogen (secondary N) is 1. The third kappa shape index (κ3) is 2.42. The standard InChI is InChI=1S/C13H19FN2/c1-10(11-3-5-12(14)6-4-11)16(2)13-7-8-15-9-13/h3-6,10,13,15H,7-9H2,1-2H3. The van der Waals surface area contributed by atoms with Crippen molar-refractivity contribution in [2.75, 3.05) is 20.1 Å². The quantitative estimate of drug-likeness (QED) is 0.843. The van der Waals surface area contributed by atoms with Crippen LogP contribution in [0.25, 0.3) is 0 Å². The fraction of sp³-hybridized carbons (Fsp3) is 0.538. The number of benzene rings is 1. The van der Waals surface area contributed by atoms with Gasteiger partial charge in [-0.05, 0) is 44.6 Å². The molecule has 3 heteroatoms. The van der Waals surface area contributed by atoms with E-state index in [1.807, 2.05) is 12.1 Å². The van der Waals surface area contributed by atoms with Crippen molar-refractivity contribution in [2.24, 2.45) is 0 Å². The minimum absolute atomic E-state index is 0.166. The minimum atomic E-state index is -0.166. The lowest BCUT2D eigenvalue weighted by Gasteiger charge is -2.30. The first-order valence-corrected chi connectivity index (χ1v) is 5.86. The van der Waals surface area contributed by atoms with Crippen molar-refractivity contribution in [2.45, 2.75) is 25.4 Å². The summed E-state index contributed by atoms with van der Waals surface area (Å²) >= 11 is 0. The first-order valence-electron chi connectivity index (χ1n) is 5.86. The second kappa shape index (κ2) is 4.93. The van der Waals surface area contributed by atoms with Crippen LogP contribution in [0.2, 0.25) is 0 Å². The number of rotatable bonds is 3. The molecule has 88 valence electrons. The first kappa shape index (κ1) is 11.6. The Morgan fingerprint density at radius 2 is 2.06 bits per heavy atom. The zero-order valence-electron chi connectivity index (χ0n) is 9.91. The lowest BCUT2D eigenvalue weighted by atomic mass is 10.1. The molecule has 16 heavy (non-hydrogen) atoms. The van der Waals surface area contributed by atoms with E-state index in [0.29, 0.717) is 12.1 Å². The van der Waals surface area contributed by atoms with E-state index in [0.717, 1.165) is 13.1 Å². The minimum Gasteiger partial charge on any atom is -0.315 e. The van der Waals surface area contributed by atoms with Crippen molar-refractivity contribution < 1.29 is 4.39 Å². The number of halogens is 1. The van der Waals surface area contributed by atoms with Crippen molar-refractivity contribution in [1.29, 1.82) is 0 Å². The molecule has 0 aliphatic carbocycles. The molecular weight excluding hydrogens is 203 g/mol. The van der Waals surface area contributed by atoms with Crippen LogP contribution in [0, 0.1) is 5.82 Å². The summed E-state index contributed by atoms with van der Waals surface area (Å²) in [6.45, 7) is 4.33. The molecule has 0 saturated carbocycles. The van der Waals surface area contributed by atoms with Gasteiger partial charge in [-0.25, -0.2) is 4.39 Å². The summed E-state index contributed by atoms with van der Waals surface area (Å²) in [5.74, 6) is -0.166. The molecule has 0 amide bonds. The largest absolute Gasteiger partial charge is 0.315 e. The van der Waals surface area contributed by atoms with Gasteiger partial charge >= 0.3 is 0 Å². The maximum absolute atomic E-state index is 12.8. The summed E-state index contributed by atoms with van der Waals surface area (Å²) in [6.07, 6.45) is 1.20. The van der Waals surface area contributed by atoms with E-state index in [2.05, 4.69) is 24.2 Å². The summed E-state index contributed by atoms with van der Waals surface area (Å²) in [6, 6.07) is 7.75. The fourth-order valence-corrected chi connectivity index (χ4v) is 2.28. The van der Waals surface area contributed by atoms with Gasteiger partial charge in [0, 0.05) is 18.6 Å². The number of nitrogens with zero attached hydrogens (tertiary/aromatic N) is 1. The summed E-state index contributed by atoms with van der Waals surface area (Å²) in [7, 11) is 2.14. The highest BCUT2D eigenvalue weighted by Gasteiger charge is 2.23. The van der Waals surface area contributed by atoms with Crippen LogP contribution in [0.15, 0.2) is 24.3 Å². The van der Waals surface area contributed by atoms with E-state index in [1.165, 1.54) is 24.1 Å². The summed E-state index contributed by atoms with van der Waals surface area (Å²) in [4.78, 5) is 2.37. The van der Waals surface area contributed by atoms with E-state index in [1.54, 1.807) is 0 Å². The van der Waals surface area contributed by atoms with Gasteiger partial charge in [-0.3, -0.25) is 4.90 Å². The van der Waals surface area contributed by atoms with Gasteiger partial charge < -0.3 is 5.32 Å². The molecule has 1 heterocycles. The second-order valence-corrected chi connectivity index (χ2v) is 4.54. The smallest absolute Gasteiger partial charge is 0.123 e. The molecule has 1 N–H and O–H groups in total. The van der Waals surface area contributed by atoms with E-state index in [-0.39, 0.29) is 5.82 Å². The highest BCUT2D eigenvalue weighted by Crippen LogP contribution is 2.22. The lowest BCUT2D eigenvalue weighted by Crippen LogP contribution is -2.35. The Morgan fingerprint density at radius 3 is 2.62 bits per heavy atom. The zero-order valence-corrected chi connectivity index (χ0v) is 9.91. The van der Waals surface area contributed by atoms with Gasteiger partial charge in [-0.1, -0.05) is 12.1 Å². The topological polar surface area (TPSA) is 15.3 Å². The Bertz CT molecular complexity index is 330. The van der Waals surface area contributed by atoms with Gasteiger partial charge in [-0.15, -0.1) is 0 Å². The monoisotopic (exact) mass is 222 g/mol. The predicted octanol–water partition coefficient (Wildman–Crippen LogP) is 2.18. The first-order chi connectivity index (χ1) is 7.68. The number of hydrogen-bond acceptors (Lipinski definition) is 2. The van der Waals surface area contributed by atoms with Gasteiger partial charge in [0.15, 0.2) is 0 Å². The van der Waals surface area contributed by atoms with Crippen molar-refractivity contribution in [1.82, 2.24) is 10.2 Å². The SMILES string of the molecule is CC(c1ccc(F)cc1)N(C)C1CCNC1. The normalized spacial score (nSPS) is 22.6. The molecule has 1 aromatic rings. The van der Waals surface area contributed by atoms with Crippen LogP contribution in [-0.2, 0) is 0 Å². The van der Waals surface area contributed by atoms with Crippen LogP contribution in [0.5, 0.6) is 0 Å². The Labute approximate surface area is 96.5 Å². The molecule has 2 rings (SSSR count). The third-order valence-corrected chi connectivity index (χ3v) is 3.57. The van der Waals surface area contributed by atoms with Crippen LogP contribution in [-0.4, -0.2) is 31.1 Å². The molecule has 0 spiro atoms. The van der Waals surface area contributed by atoms with Gasteiger partial charge in [0.05, 0.1) is 0 Å². The molecule has 0 radical (unpaired) electrons. The molecular formula is C13H19FN2. The molecule has 1 fully saturated rings. The summed E-state index contributed by atoms with van der Waals surface area (Å²) < 4.78 is 12.8. The van der Waals surface area contributed by atoms with Crippen molar-refractivity contribution in [3.63, 3.8) is 0 Å². The van der Waals surface area contributed by atoms with Crippen LogP contribution in [0.3, 0.4) is 0 Å². The van der Waals surface area contributed by atoms with E-state index in [9.17, 15) is 4.39 Å². The molecule has 1 aromatic carbocycles. The molecule has 2 unspecified atom stereocenters. The van der Waals surface area contributed by atoms with Gasteiger partial charge in [0.25, 0.3) is 0 Å². The highest BCUT2D eigenvalue weighted by molar-refractivity contribution is 5.19. The molecule has 1 aliphatic rings. The number of hydrogen-bond donors (Lipinski definition) is 1. The Hall–Kier alpha value is -0.930. The number of likely N-dealkylation sites (N-methyl/N-ethyl adjacent to an activating group) is 1. The molecule has 0 bridgehead atoms. The maximum atomic E-state index is 12.8. The van der Waals surface area contributed by atoms with Crippen molar-refractivity contribution in [3.05, 3.63) is 35.6 Å². The van der Waals surface area contributed by atoms with Crippen molar-refractivity contribution in [3.8, 4) is 0 Å². The maximum Gasteiger partial charge on any atom is 0.123 e. The third-order valence-electron chi connectivity index (χ3n) is 3.57. The van der Waals surface area contributed by atoms with Crippen molar-refractivity contribution >= 4 is 0 Å². The van der Waals surface area contributed by atoms with Gasteiger partial charge in [0.1, 0.15) is 5.82 Å².